The van der Waals surface area contributed by atoms with Gasteiger partial charge in [0.25, 0.3) is 0 Å². The zero-order valence-electron chi connectivity index (χ0n) is 12.3. The van der Waals surface area contributed by atoms with Gasteiger partial charge in [-0.25, -0.2) is 4.79 Å². The van der Waals surface area contributed by atoms with E-state index >= 15 is 0 Å². The lowest BCUT2D eigenvalue weighted by Crippen LogP contribution is -2.49. The third-order valence-corrected chi connectivity index (χ3v) is 3.13. The summed E-state index contributed by atoms with van der Waals surface area (Å²) in [7, 11) is 0. The van der Waals surface area contributed by atoms with E-state index in [0.29, 0.717) is 12.8 Å². The molecule has 0 aromatic heterocycles. The van der Waals surface area contributed by atoms with E-state index in [-0.39, 0.29) is 5.91 Å². The first kappa shape index (κ1) is 16.2. The molecule has 2 N–H and O–H groups in total. The minimum Gasteiger partial charge on any atom is -0.480 e. The van der Waals surface area contributed by atoms with Crippen LogP contribution in [0, 0.1) is 5.41 Å². The summed E-state index contributed by atoms with van der Waals surface area (Å²) in [6.07, 6.45) is 1.88. The molecular formula is C16H23NO3. The molecule has 0 aliphatic rings. The molecule has 0 radical (unpaired) electrons. The number of nitrogens with one attached hydrogen (secondary N) is 1. The number of rotatable bonds is 6. The Labute approximate surface area is 120 Å². The molecule has 0 fully saturated rings. The summed E-state index contributed by atoms with van der Waals surface area (Å²) in [6.45, 7) is 5.40. The molecule has 1 aromatic rings. The first-order valence-electron chi connectivity index (χ1n) is 6.87. The quantitative estimate of drug-likeness (QED) is 0.840. The lowest BCUT2D eigenvalue weighted by Gasteiger charge is -2.27. The Morgan fingerprint density at radius 2 is 1.80 bits per heavy atom. The van der Waals surface area contributed by atoms with Crippen LogP contribution >= 0.6 is 0 Å². The van der Waals surface area contributed by atoms with Gasteiger partial charge in [0, 0.05) is 6.42 Å². The summed E-state index contributed by atoms with van der Waals surface area (Å²) in [4.78, 5) is 23.0. The van der Waals surface area contributed by atoms with Gasteiger partial charge in [-0.3, -0.25) is 4.79 Å². The molecule has 1 atom stereocenters. The number of hydrogen-bond acceptors (Lipinski definition) is 2. The Hall–Kier alpha value is -1.84. The zero-order chi connectivity index (χ0) is 15.2. The smallest absolute Gasteiger partial charge is 0.326 e. The van der Waals surface area contributed by atoms with Crippen LogP contribution in [0.3, 0.4) is 0 Å². The normalized spacial score (nSPS) is 12.8. The fraction of sp³-hybridized carbons (Fsp3) is 0.500. The van der Waals surface area contributed by atoms with E-state index in [4.69, 9.17) is 5.11 Å². The van der Waals surface area contributed by atoms with E-state index in [9.17, 15) is 9.59 Å². The molecule has 0 bridgehead atoms. The van der Waals surface area contributed by atoms with E-state index in [1.165, 1.54) is 5.56 Å². The molecule has 0 unspecified atom stereocenters. The number of aliphatic carboxylic acids is 1. The lowest BCUT2D eigenvalue weighted by molar-refractivity contribution is -0.144. The van der Waals surface area contributed by atoms with E-state index in [2.05, 4.69) is 5.32 Å². The van der Waals surface area contributed by atoms with Crippen LogP contribution in [0.1, 0.15) is 39.2 Å². The third kappa shape index (κ3) is 5.43. The van der Waals surface area contributed by atoms with Gasteiger partial charge < -0.3 is 10.4 Å². The highest BCUT2D eigenvalue weighted by Crippen LogP contribution is 2.19. The van der Waals surface area contributed by atoms with Gasteiger partial charge in [0.15, 0.2) is 0 Å². The van der Waals surface area contributed by atoms with E-state index in [0.717, 1.165) is 6.42 Å². The monoisotopic (exact) mass is 277 g/mol. The van der Waals surface area contributed by atoms with Gasteiger partial charge in [-0.1, -0.05) is 51.1 Å². The van der Waals surface area contributed by atoms with Crippen LogP contribution in [0.4, 0.5) is 0 Å². The molecule has 4 nitrogen and oxygen atoms in total. The van der Waals surface area contributed by atoms with Gasteiger partial charge in [-0.2, -0.15) is 0 Å². The van der Waals surface area contributed by atoms with Gasteiger partial charge in [0.1, 0.15) is 6.04 Å². The average Bonchev–Trinajstić information content (AvgIpc) is 2.35. The summed E-state index contributed by atoms with van der Waals surface area (Å²) in [6, 6.07) is 9.08. The van der Waals surface area contributed by atoms with Crippen molar-refractivity contribution < 1.29 is 14.7 Å². The largest absolute Gasteiger partial charge is 0.480 e. The molecule has 4 heteroatoms. The van der Waals surface area contributed by atoms with Crippen molar-refractivity contribution in [2.75, 3.05) is 0 Å². The molecule has 0 aliphatic heterocycles. The van der Waals surface area contributed by atoms with Gasteiger partial charge in [-0.05, 0) is 23.8 Å². The molecule has 1 aromatic carbocycles. The standard InChI is InChI=1S/C16H23NO3/c1-16(2,3)14(15(19)20)17-13(18)11-7-10-12-8-5-4-6-9-12/h4-6,8-9,14H,7,10-11H2,1-3H3,(H,17,18)(H,19,20)/t14-/m0/s1. The van der Waals surface area contributed by atoms with Crippen molar-refractivity contribution in [3.63, 3.8) is 0 Å². The zero-order valence-corrected chi connectivity index (χ0v) is 12.3. The number of benzene rings is 1. The average molecular weight is 277 g/mol. The van der Waals surface area contributed by atoms with Crippen LogP contribution in [0.2, 0.25) is 0 Å². The predicted molar refractivity (Wildman–Crippen MR) is 78.4 cm³/mol. The van der Waals surface area contributed by atoms with Crippen LogP contribution in [0.5, 0.6) is 0 Å². The topological polar surface area (TPSA) is 66.4 Å². The van der Waals surface area contributed by atoms with Crippen molar-refractivity contribution in [1.82, 2.24) is 5.32 Å². The molecule has 20 heavy (non-hydrogen) atoms. The Kier molecular flexibility index (Phi) is 5.74. The van der Waals surface area contributed by atoms with Crippen molar-refractivity contribution in [2.24, 2.45) is 5.41 Å². The molecule has 1 rings (SSSR count). The maximum Gasteiger partial charge on any atom is 0.326 e. The number of hydrogen-bond donors (Lipinski definition) is 2. The Bertz CT molecular complexity index is 449. The molecule has 0 saturated carbocycles. The maximum absolute atomic E-state index is 11.8. The second-order valence-corrected chi connectivity index (χ2v) is 6.04. The van der Waals surface area contributed by atoms with Crippen molar-refractivity contribution in [3.05, 3.63) is 35.9 Å². The molecule has 0 heterocycles. The number of amides is 1. The molecule has 0 saturated heterocycles. The fourth-order valence-corrected chi connectivity index (χ4v) is 1.98. The second-order valence-electron chi connectivity index (χ2n) is 6.04. The minimum atomic E-state index is -0.992. The molecule has 110 valence electrons. The predicted octanol–water partition coefficient (Wildman–Crippen LogP) is 2.62. The van der Waals surface area contributed by atoms with E-state index < -0.39 is 17.4 Å². The number of carbonyl (C=O) groups is 2. The van der Waals surface area contributed by atoms with Gasteiger partial charge in [-0.15, -0.1) is 0 Å². The molecule has 1 amide bonds. The summed E-state index contributed by atoms with van der Waals surface area (Å²) in [5.41, 5.74) is 0.687. The lowest BCUT2D eigenvalue weighted by atomic mass is 9.86. The van der Waals surface area contributed by atoms with E-state index in [1.807, 2.05) is 30.3 Å². The van der Waals surface area contributed by atoms with Crippen LogP contribution in [-0.4, -0.2) is 23.0 Å². The Morgan fingerprint density at radius 3 is 2.30 bits per heavy atom. The highest BCUT2D eigenvalue weighted by Gasteiger charge is 2.32. The van der Waals surface area contributed by atoms with Crippen molar-refractivity contribution in [1.29, 1.82) is 0 Å². The van der Waals surface area contributed by atoms with Crippen molar-refractivity contribution in [3.8, 4) is 0 Å². The SMILES string of the molecule is CC(C)(C)[C@@H](NC(=O)CCCc1ccccc1)C(=O)O. The summed E-state index contributed by atoms with van der Waals surface area (Å²) < 4.78 is 0. The molecular weight excluding hydrogens is 254 g/mol. The summed E-state index contributed by atoms with van der Waals surface area (Å²) in [5, 5.41) is 11.8. The minimum absolute atomic E-state index is 0.205. The van der Waals surface area contributed by atoms with Gasteiger partial charge >= 0.3 is 5.97 Å². The van der Waals surface area contributed by atoms with Crippen LogP contribution in [-0.2, 0) is 16.0 Å². The highest BCUT2D eigenvalue weighted by molar-refractivity contribution is 5.84. The summed E-state index contributed by atoms with van der Waals surface area (Å²) in [5.74, 6) is -1.20. The number of aryl methyl sites for hydroxylation is 1. The van der Waals surface area contributed by atoms with Crippen molar-refractivity contribution >= 4 is 11.9 Å². The van der Waals surface area contributed by atoms with Gasteiger partial charge in [0.2, 0.25) is 5.91 Å². The third-order valence-electron chi connectivity index (χ3n) is 3.13. The first-order valence-corrected chi connectivity index (χ1v) is 6.87. The number of carboxylic acids is 1. The highest BCUT2D eigenvalue weighted by atomic mass is 16.4. The maximum atomic E-state index is 11.8. The Balaban J connectivity index is 2.41. The second kappa shape index (κ2) is 7.08. The molecule has 0 aliphatic carbocycles. The molecule has 0 spiro atoms. The Morgan fingerprint density at radius 1 is 1.20 bits per heavy atom. The number of carbonyl (C=O) groups excluding carboxylic acids is 1. The van der Waals surface area contributed by atoms with E-state index in [1.54, 1.807) is 20.8 Å². The van der Waals surface area contributed by atoms with Crippen LogP contribution in [0.15, 0.2) is 30.3 Å². The fourth-order valence-electron chi connectivity index (χ4n) is 1.98. The van der Waals surface area contributed by atoms with Crippen LogP contribution < -0.4 is 5.32 Å². The van der Waals surface area contributed by atoms with Gasteiger partial charge in [0.05, 0.1) is 0 Å². The first-order chi connectivity index (χ1) is 9.30. The number of carboxylic acid groups (broad SMARTS) is 1. The van der Waals surface area contributed by atoms with Crippen LogP contribution in [0.25, 0.3) is 0 Å². The van der Waals surface area contributed by atoms with Crippen molar-refractivity contribution in [2.45, 2.75) is 46.1 Å². The summed E-state index contributed by atoms with van der Waals surface area (Å²) >= 11 is 0.